The van der Waals surface area contributed by atoms with Crippen LogP contribution in [0, 0.1) is 5.92 Å². The van der Waals surface area contributed by atoms with E-state index in [2.05, 4.69) is 4.90 Å². The zero-order chi connectivity index (χ0) is 8.81. The van der Waals surface area contributed by atoms with Gasteiger partial charge < -0.3 is 14.7 Å². The van der Waals surface area contributed by atoms with Crippen molar-refractivity contribution in [1.82, 2.24) is 4.90 Å². The normalized spacial score (nSPS) is 26.0. The second-order valence-electron chi connectivity index (χ2n) is 3.48. The van der Waals surface area contributed by atoms with Crippen molar-refractivity contribution in [3.63, 3.8) is 0 Å². The number of ether oxygens (including phenoxy) is 1. The largest absolute Gasteiger partial charge is 0.396 e. The molecule has 1 aliphatic heterocycles. The summed E-state index contributed by atoms with van der Waals surface area (Å²) in [6.07, 6.45) is 2.40. The minimum atomic E-state index is 0.337. The molecule has 1 N–H and O–H groups in total. The fraction of sp³-hybridized carbons (Fsp3) is 1.00. The highest BCUT2D eigenvalue weighted by Gasteiger charge is 2.18. The number of aliphatic hydroxyl groups excluding tert-OH is 1. The maximum absolute atomic E-state index is 8.98. The first-order valence-corrected chi connectivity index (χ1v) is 4.69. The molecule has 1 atom stereocenters. The first-order chi connectivity index (χ1) is 5.86. The van der Waals surface area contributed by atoms with E-state index in [0.29, 0.717) is 12.5 Å². The number of piperidine rings is 1. The number of aliphatic hydroxyl groups is 1. The molecule has 1 heterocycles. The summed E-state index contributed by atoms with van der Waals surface area (Å²) in [6.45, 7) is 4.36. The van der Waals surface area contributed by atoms with E-state index in [-0.39, 0.29) is 0 Å². The Morgan fingerprint density at radius 2 is 2.42 bits per heavy atom. The molecule has 72 valence electrons. The molecular formula is C9H19NO2. The van der Waals surface area contributed by atoms with Gasteiger partial charge in [0.2, 0.25) is 0 Å². The minimum Gasteiger partial charge on any atom is -0.396 e. The molecule has 0 aromatic heterocycles. The number of hydrogen-bond acceptors (Lipinski definition) is 3. The zero-order valence-corrected chi connectivity index (χ0v) is 7.83. The second-order valence-corrected chi connectivity index (χ2v) is 3.48. The number of likely N-dealkylation sites (tertiary alicyclic amines) is 1. The Morgan fingerprint density at radius 3 is 3.08 bits per heavy atom. The van der Waals surface area contributed by atoms with Crippen LogP contribution in [0.25, 0.3) is 0 Å². The summed E-state index contributed by atoms with van der Waals surface area (Å²) in [5.74, 6) is 0.496. The summed E-state index contributed by atoms with van der Waals surface area (Å²) >= 11 is 0. The van der Waals surface area contributed by atoms with Crippen molar-refractivity contribution in [2.75, 3.05) is 40.0 Å². The average Bonchev–Trinajstić information content (AvgIpc) is 2.15. The first-order valence-electron chi connectivity index (χ1n) is 4.69. The van der Waals surface area contributed by atoms with Gasteiger partial charge in [-0.2, -0.15) is 0 Å². The Labute approximate surface area is 74.3 Å². The lowest BCUT2D eigenvalue weighted by atomic mass is 9.99. The number of nitrogens with zero attached hydrogens (tertiary/aromatic N) is 1. The molecule has 1 fully saturated rings. The van der Waals surface area contributed by atoms with Crippen LogP contribution < -0.4 is 0 Å². The van der Waals surface area contributed by atoms with E-state index in [0.717, 1.165) is 19.7 Å². The molecule has 1 rings (SSSR count). The van der Waals surface area contributed by atoms with Crippen LogP contribution in [0.1, 0.15) is 12.8 Å². The lowest BCUT2D eigenvalue weighted by molar-refractivity contribution is 0.0906. The van der Waals surface area contributed by atoms with Crippen LogP contribution in [0.15, 0.2) is 0 Å². The van der Waals surface area contributed by atoms with Gasteiger partial charge in [-0.1, -0.05) is 0 Å². The van der Waals surface area contributed by atoms with E-state index in [1.165, 1.54) is 19.4 Å². The highest BCUT2D eigenvalue weighted by molar-refractivity contribution is 4.71. The number of hydrogen-bond donors (Lipinski definition) is 1. The van der Waals surface area contributed by atoms with Crippen LogP contribution in [0.2, 0.25) is 0 Å². The third kappa shape index (κ3) is 3.09. The van der Waals surface area contributed by atoms with Crippen LogP contribution in [-0.4, -0.2) is 50.0 Å². The van der Waals surface area contributed by atoms with E-state index in [1.54, 1.807) is 7.11 Å². The zero-order valence-electron chi connectivity index (χ0n) is 7.83. The summed E-state index contributed by atoms with van der Waals surface area (Å²) in [5.41, 5.74) is 0. The van der Waals surface area contributed by atoms with Crippen LogP contribution in [-0.2, 0) is 4.74 Å². The summed E-state index contributed by atoms with van der Waals surface area (Å²) in [6, 6.07) is 0. The molecular weight excluding hydrogens is 154 g/mol. The van der Waals surface area contributed by atoms with Crippen LogP contribution in [0.5, 0.6) is 0 Å². The molecule has 0 amide bonds. The Morgan fingerprint density at radius 1 is 1.58 bits per heavy atom. The molecule has 1 aliphatic rings. The van der Waals surface area contributed by atoms with Gasteiger partial charge in [0.15, 0.2) is 0 Å². The summed E-state index contributed by atoms with van der Waals surface area (Å²) in [4.78, 5) is 2.37. The van der Waals surface area contributed by atoms with E-state index in [1.807, 2.05) is 0 Å². The molecule has 1 saturated heterocycles. The van der Waals surface area contributed by atoms with Crippen LogP contribution in [0.4, 0.5) is 0 Å². The summed E-state index contributed by atoms with van der Waals surface area (Å²) in [7, 11) is 1.73. The van der Waals surface area contributed by atoms with E-state index < -0.39 is 0 Å². The van der Waals surface area contributed by atoms with Gasteiger partial charge in [0, 0.05) is 26.8 Å². The Bertz CT molecular complexity index is 119. The predicted molar refractivity (Wildman–Crippen MR) is 48.1 cm³/mol. The Hall–Kier alpha value is -0.120. The maximum atomic E-state index is 8.98. The topological polar surface area (TPSA) is 32.7 Å². The lowest BCUT2D eigenvalue weighted by Crippen LogP contribution is -2.38. The molecule has 0 aromatic carbocycles. The minimum absolute atomic E-state index is 0.337. The summed E-state index contributed by atoms with van der Waals surface area (Å²) < 4.78 is 5.01. The van der Waals surface area contributed by atoms with Crippen molar-refractivity contribution in [2.24, 2.45) is 5.92 Å². The SMILES string of the molecule is COCCN1CCC[C@H](CO)C1. The van der Waals surface area contributed by atoms with Gasteiger partial charge in [-0.15, -0.1) is 0 Å². The lowest BCUT2D eigenvalue weighted by Gasteiger charge is -2.31. The molecule has 12 heavy (non-hydrogen) atoms. The predicted octanol–water partition coefficient (Wildman–Crippen LogP) is 0.337. The van der Waals surface area contributed by atoms with Crippen molar-refractivity contribution < 1.29 is 9.84 Å². The smallest absolute Gasteiger partial charge is 0.0589 e. The van der Waals surface area contributed by atoms with E-state index >= 15 is 0 Å². The van der Waals surface area contributed by atoms with Gasteiger partial charge in [-0.3, -0.25) is 0 Å². The standard InChI is InChI=1S/C9H19NO2/c1-12-6-5-10-4-2-3-9(7-10)8-11/h9,11H,2-8H2,1H3/t9-/m0/s1. The van der Waals surface area contributed by atoms with Gasteiger partial charge in [-0.05, 0) is 25.3 Å². The van der Waals surface area contributed by atoms with Gasteiger partial charge in [0.05, 0.1) is 6.61 Å². The van der Waals surface area contributed by atoms with Crippen molar-refractivity contribution >= 4 is 0 Å². The fourth-order valence-corrected chi connectivity index (χ4v) is 1.72. The van der Waals surface area contributed by atoms with E-state index in [4.69, 9.17) is 9.84 Å². The third-order valence-electron chi connectivity index (χ3n) is 2.47. The fourth-order valence-electron chi connectivity index (χ4n) is 1.72. The molecule has 0 saturated carbocycles. The van der Waals surface area contributed by atoms with Crippen LogP contribution in [0.3, 0.4) is 0 Å². The third-order valence-corrected chi connectivity index (χ3v) is 2.47. The van der Waals surface area contributed by atoms with Crippen molar-refractivity contribution in [2.45, 2.75) is 12.8 Å². The average molecular weight is 173 g/mol. The number of methoxy groups -OCH3 is 1. The molecule has 0 radical (unpaired) electrons. The molecule has 0 unspecified atom stereocenters. The molecule has 0 aromatic rings. The Kier molecular flexibility index (Phi) is 4.58. The summed E-state index contributed by atoms with van der Waals surface area (Å²) in [5, 5.41) is 8.98. The highest BCUT2D eigenvalue weighted by atomic mass is 16.5. The maximum Gasteiger partial charge on any atom is 0.0589 e. The second kappa shape index (κ2) is 5.51. The van der Waals surface area contributed by atoms with E-state index in [9.17, 15) is 0 Å². The van der Waals surface area contributed by atoms with Gasteiger partial charge in [0.25, 0.3) is 0 Å². The quantitative estimate of drug-likeness (QED) is 0.665. The molecule has 0 bridgehead atoms. The monoisotopic (exact) mass is 173 g/mol. The van der Waals surface area contributed by atoms with Gasteiger partial charge in [0.1, 0.15) is 0 Å². The van der Waals surface area contributed by atoms with Crippen molar-refractivity contribution in [1.29, 1.82) is 0 Å². The van der Waals surface area contributed by atoms with Gasteiger partial charge >= 0.3 is 0 Å². The highest BCUT2D eigenvalue weighted by Crippen LogP contribution is 2.14. The molecule has 3 nitrogen and oxygen atoms in total. The van der Waals surface area contributed by atoms with Crippen molar-refractivity contribution in [3.05, 3.63) is 0 Å². The van der Waals surface area contributed by atoms with Gasteiger partial charge in [-0.25, -0.2) is 0 Å². The first kappa shape index (κ1) is 9.96. The Balaban J connectivity index is 2.16. The van der Waals surface area contributed by atoms with Crippen molar-refractivity contribution in [3.8, 4) is 0 Å². The molecule has 3 heteroatoms. The molecule has 0 aliphatic carbocycles. The van der Waals surface area contributed by atoms with Crippen LogP contribution >= 0.6 is 0 Å². The number of rotatable bonds is 4. The molecule has 0 spiro atoms.